The molecule has 2 rings (SSSR count). The number of hydrogen-bond donors (Lipinski definition) is 1. The Kier molecular flexibility index (Phi) is 3.49. The summed E-state index contributed by atoms with van der Waals surface area (Å²) in [7, 11) is 1.77. The van der Waals surface area contributed by atoms with Crippen molar-refractivity contribution in [3.63, 3.8) is 0 Å². The summed E-state index contributed by atoms with van der Waals surface area (Å²) >= 11 is 3.10. The largest absolute Gasteiger partial charge is 0.314 e. The Balaban J connectivity index is 2.45. The van der Waals surface area contributed by atoms with Gasteiger partial charge < -0.3 is 5.32 Å². The average Bonchev–Trinajstić information content (AvgIpc) is 2.65. The molecule has 0 bridgehead atoms. The molecule has 0 spiro atoms. The summed E-state index contributed by atoms with van der Waals surface area (Å²) in [5.74, 6) is -1.34. The van der Waals surface area contributed by atoms with E-state index in [0.29, 0.717) is 12.2 Å². The Morgan fingerprint density at radius 1 is 1.41 bits per heavy atom. The Labute approximate surface area is 105 Å². The van der Waals surface area contributed by atoms with Crippen molar-refractivity contribution in [2.24, 2.45) is 0 Å². The first kappa shape index (κ1) is 12.1. The third-order valence-electron chi connectivity index (χ3n) is 2.11. The number of hydrogen-bond acceptors (Lipinski definition) is 3. The van der Waals surface area contributed by atoms with E-state index in [1.807, 2.05) is 0 Å². The van der Waals surface area contributed by atoms with Gasteiger partial charge in [0.25, 0.3) is 0 Å². The molecule has 0 saturated carbocycles. The van der Waals surface area contributed by atoms with Gasteiger partial charge in [0.1, 0.15) is 11.5 Å². The van der Waals surface area contributed by atoms with Gasteiger partial charge in [-0.05, 0) is 29.0 Å². The number of nitrogens with zero attached hydrogens (tertiary/aromatic N) is 3. The molecular formula is C10H9BrF2N4. The molecule has 0 saturated heterocycles. The third kappa shape index (κ3) is 2.50. The lowest BCUT2D eigenvalue weighted by atomic mass is 10.3. The van der Waals surface area contributed by atoms with Crippen molar-refractivity contribution in [2.75, 3.05) is 7.05 Å². The molecule has 0 radical (unpaired) electrons. The highest BCUT2D eigenvalue weighted by molar-refractivity contribution is 9.10. The minimum absolute atomic E-state index is 0.140. The maximum absolute atomic E-state index is 13.6. The normalized spacial score (nSPS) is 10.8. The van der Waals surface area contributed by atoms with E-state index >= 15 is 0 Å². The zero-order valence-electron chi connectivity index (χ0n) is 8.91. The van der Waals surface area contributed by atoms with E-state index < -0.39 is 11.6 Å². The molecule has 4 nitrogen and oxygen atoms in total. The van der Waals surface area contributed by atoms with Crippen LogP contribution in [0.15, 0.2) is 22.8 Å². The van der Waals surface area contributed by atoms with Gasteiger partial charge in [0.15, 0.2) is 5.82 Å². The summed E-state index contributed by atoms with van der Waals surface area (Å²) in [5.41, 5.74) is 0.810. The van der Waals surface area contributed by atoms with Crippen molar-refractivity contribution in [3.8, 4) is 5.69 Å². The van der Waals surface area contributed by atoms with E-state index in [-0.39, 0.29) is 10.2 Å². The predicted octanol–water partition coefficient (Wildman–Crippen LogP) is 2.03. The molecule has 0 aliphatic rings. The van der Waals surface area contributed by atoms with Crippen molar-refractivity contribution in [1.82, 2.24) is 20.3 Å². The summed E-state index contributed by atoms with van der Waals surface area (Å²) in [6.45, 7) is 0.528. The van der Waals surface area contributed by atoms with Gasteiger partial charge in [0.05, 0.1) is 11.9 Å². The molecule has 0 aliphatic carbocycles. The van der Waals surface area contributed by atoms with E-state index in [2.05, 4.69) is 31.6 Å². The zero-order chi connectivity index (χ0) is 12.4. The van der Waals surface area contributed by atoms with Crippen molar-refractivity contribution >= 4 is 15.9 Å². The van der Waals surface area contributed by atoms with Gasteiger partial charge in [0.2, 0.25) is 0 Å². The van der Waals surface area contributed by atoms with Crippen molar-refractivity contribution < 1.29 is 8.78 Å². The van der Waals surface area contributed by atoms with Gasteiger partial charge in [-0.3, -0.25) is 0 Å². The van der Waals surface area contributed by atoms with E-state index in [0.717, 1.165) is 6.07 Å². The molecule has 0 unspecified atom stereocenters. The van der Waals surface area contributed by atoms with Gasteiger partial charge in [0, 0.05) is 17.1 Å². The summed E-state index contributed by atoms with van der Waals surface area (Å²) in [5, 5.41) is 10.6. The fourth-order valence-electron chi connectivity index (χ4n) is 1.42. The van der Waals surface area contributed by atoms with Crippen molar-refractivity contribution in [1.29, 1.82) is 0 Å². The van der Waals surface area contributed by atoms with Crippen LogP contribution in [0.3, 0.4) is 0 Å². The second-order valence-electron chi connectivity index (χ2n) is 3.40. The Morgan fingerprint density at radius 2 is 2.18 bits per heavy atom. The predicted molar refractivity (Wildman–Crippen MR) is 61.7 cm³/mol. The molecule has 2 aromatic rings. The lowest BCUT2D eigenvalue weighted by molar-refractivity contribution is 0.570. The van der Waals surface area contributed by atoms with Gasteiger partial charge in [-0.15, -0.1) is 5.10 Å². The Bertz CT molecular complexity index is 518. The number of benzene rings is 1. The number of nitrogens with one attached hydrogen (secondary N) is 1. The van der Waals surface area contributed by atoms with Crippen LogP contribution in [0.5, 0.6) is 0 Å². The maximum atomic E-state index is 13.6. The number of rotatable bonds is 3. The van der Waals surface area contributed by atoms with Crippen LogP contribution in [-0.4, -0.2) is 22.0 Å². The summed E-state index contributed by atoms with van der Waals surface area (Å²) in [6.07, 6.45) is 1.58. The van der Waals surface area contributed by atoms with Gasteiger partial charge in [-0.2, -0.15) is 0 Å². The topological polar surface area (TPSA) is 42.7 Å². The smallest absolute Gasteiger partial charge is 0.152 e. The highest BCUT2D eigenvalue weighted by Crippen LogP contribution is 2.24. The molecule has 1 N–H and O–H groups in total. The molecule has 0 fully saturated rings. The lowest BCUT2D eigenvalue weighted by Gasteiger charge is -2.05. The van der Waals surface area contributed by atoms with Gasteiger partial charge >= 0.3 is 0 Å². The standard InChI is InChI=1S/C10H9BrF2N4/c1-14-4-7-5-17(16-15-7)10-8(11)2-6(12)3-9(10)13/h2-3,5,14H,4H2,1H3. The third-order valence-corrected chi connectivity index (χ3v) is 2.71. The first-order valence-electron chi connectivity index (χ1n) is 4.82. The molecule has 7 heteroatoms. The van der Waals surface area contributed by atoms with Crippen LogP contribution in [0, 0.1) is 11.6 Å². The highest BCUT2D eigenvalue weighted by atomic mass is 79.9. The monoisotopic (exact) mass is 302 g/mol. The van der Waals surface area contributed by atoms with Crippen LogP contribution >= 0.6 is 15.9 Å². The average molecular weight is 303 g/mol. The van der Waals surface area contributed by atoms with E-state index in [4.69, 9.17) is 0 Å². The second kappa shape index (κ2) is 4.89. The van der Waals surface area contributed by atoms with E-state index in [1.165, 1.54) is 10.7 Å². The van der Waals surface area contributed by atoms with Crippen LogP contribution < -0.4 is 5.32 Å². The highest BCUT2D eigenvalue weighted by Gasteiger charge is 2.13. The number of aromatic nitrogens is 3. The fraction of sp³-hybridized carbons (Fsp3) is 0.200. The summed E-state index contributed by atoms with van der Waals surface area (Å²) in [4.78, 5) is 0. The molecule has 0 aliphatic heterocycles. The minimum Gasteiger partial charge on any atom is -0.314 e. The number of halogens is 3. The zero-order valence-corrected chi connectivity index (χ0v) is 10.5. The van der Waals surface area contributed by atoms with Gasteiger partial charge in [-0.1, -0.05) is 5.21 Å². The molecule has 1 heterocycles. The fourth-order valence-corrected chi connectivity index (χ4v) is 2.01. The van der Waals surface area contributed by atoms with Crippen molar-refractivity contribution in [2.45, 2.75) is 6.54 Å². The van der Waals surface area contributed by atoms with Crippen LogP contribution in [0.25, 0.3) is 5.69 Å². The SMILES string of the molecule is CNCc1cn(-c2c(F)cc(F)cc2Br)nn1. The summed E-state index contributed by atoms with van der Waals surface area (Å²) in [6, 6.07) is 1.98. The first-order valence-corrected chi connectivity index (χ1v) is 5.62. The van der Waals surface area contributed by atoms with Crippen molar-refractivity contribution in [3.05, 3.63) is 40.1 Å². The van der Waals surface area contributed by atoms with Crippen LogP contribution in [-0.2, 0) is 6.54 Å². The molecule has 1 aromatic heterocycles. The first-order chi connectivity index (χ1) is 8.11. The van der Waals surface area contributed by atoms with Crippen LogP contribution in [0.2, 0.25) is 0 Å². The lowest BCUT2D eigenvalue weighted by Crippen LogP contribution is -2.05. The molecule has 1 aromatic carbocycles. The molecule has 17 heavy (non-hydrogen) atoms. The van der Waals surface area contributed by atoms with Crippen LogP contribution in [0.1, 0.15) is 5.69 Å². The van der Waals surface area contributed by atoms with Crippen LogP contribution in [0.4, 0.5) is 8.78 Å². The summed E-state index contributed by atoms with van der Waals surface area (Å²) < 4.78 is 28.1. The van der Waals surface area contributed by atoms with Gasteiger partial charge in [-0.25, -0.2) is 13.5 Å². The molecular weight excluding hydrogens is 294 g/mol. The Hall–Kier alpha value is -1.34. The molecule has 0 atom stereocenters. The second-order valence-corrected chi connectivity index (χ2v) is 4.26. The minimum atomic E-state index is -0.696. The molecule has 90 valence electrons. The molecule has 0 amide bonds. The van der Waals surface area contributed by atoms with E-state index in [9.17, 15) is 8.78 Å². The quantitative estimate of drug-likeness (QED) is 0.943. The van der Waals surface area contributed by atoms with E-state index in [1.54, 1.807) is 13.2 Å². The maximum Gasteiger partial charge on any atom is 0.152 e. The Morgan fingerprint density at radius 3 is 2.82 bits per heavy atom.